The molecule has 0 fully saturated rings. The van der Waals surface area contributed by atoms with Crippen molar-refractivity contribution in [3.8, 4) is 39.9 Å². The van der Waals surface area contributed by atoms with Gasteiger partial charge in [-0.3, -0.25) is 0 Å². The molecule has 3 aromatic rings. The fourth-order valence-electron chi connectivity index (χ4n) is 3.02. The molecule has 26 heavy (non-hydrogen) atoms. The summed E-state index contributed by atoms with van der Waals surface area (Å²) in [6.45, 7) is 0. The molecule has 4 N–H and O–H groups in total. The van der Waals surface area contributed by atoms with Gasteiger partial charge in [-0.2, -0.15) is 0 Å². The summed E-state index contributed by atoms with van der Waals surface area (Å²) in [6.07, 6.45) is -0.693. The minimum absolute atomic E-state index is 0.422. The van der Waals surface area contributed by atoms with Crippen molar-refractivity contribution < 1.29 is 24.8 Å². The summed E-state index contributed by atoms with van der Waals surface area (Å²) in [6, 6.07) is 16.0. The van der Waals surface area contributed by atoms with Crippen molar-refractivity contribution in [3.63, 3.8) is 0 Å². The van der Waals surface area contributed by atoms with Crippen molar-refractivity contribution in [1.29, 1.82) is 0 Å². The van der Waals surface area contributed by atoms with E-state index in [4.69, 9.17) is 9.47 Å². The van der Waals surface area contributed by atoms with Crippen LogP contribution in [0.25, 0.3) is 11.1 Å². The SMILES string of the molecule is COc1ccc2c(c1)OC(c1cc(O)c(O)c(O)c1)Nc1ccccc1-2. The highest BCUT2D eigenvalue weighted by molar-refractivity contribution is 5.83. The van der Waals surface area contributed by atoms with E-state index in [-0.39, 0.29) is 0 Å². The number of fused-ring (bicyclic) bond motifs is 3. The molecule has 1 unspecified atom stereocenters. The minimum Gasteiger partial charge on any atom is -0.504 e. The molecule has 6 nitrogen and oxygen atoms in total. The molecule has 0 aliphatic carbocycles. The van der Waals surface area contributed by atoms with Crippen molar-refractivity contribution in [2.45, 2.75) is 6.23 Å². The van der Waals surface area contributed by atoms with Crippen LogP contribution in [0.3, 0.4) is 0 Å². The number of aromatic hydroxyl groups is 3. The van der Waals surface area contributed by atoms with Crippen LogP contribution < -0.4 is 14.8 Å². The van der Waals surface area contributed by atoms with E-state index in [2.05, 4.69) is 5.32 Å². The zero-order valence-corrected chi connectivity index (χ0v) is 13.9. The van der Waals surface area contributed by atoms with Crippen LogP contribution in [0.4, 0.5) is 5.69 Å². The summed E-state index contributed by atoms with van der Waals surface area (Å²) >= 11 is 0. The zero-order chi connectivity index (χ0) is 18.3. The van der Waals surface area contributed by atoms with Crippen LogP contribution in [-0.4, -0.2) is 22.4 Å². The Morgan fingerprint density at radius 1 is 0.923 bits per heavy atom. The molecule has 0 radical (unpaired) electrons. The molecule has 6 heteroatoms. The second kappa shape index (κ2) is 6.07. The largest absolute Gasteiger partial charge is 0.504 e. The van der Waals surface area contributed by atoms with Gasteiger partial charge in [0.05, 0.1) is 7.11 Å². The lowest BCUT2D eigenvalue weighted by atomic mass is 10.0. The number of phenols is 3. The smallest absolute Gasteiger partial charge is 0.200 e. The van der Waals surface area contributed by atoms with Crippen molar-refractivity contribution in [2.75, 3.05) is 12.4 Å². The van der Waals surface area contributed by atoms with Crippen LogP contribution in [0.15, 0.2) is 54.6 Å². The Hall–Kier alpha value is -3.54. The van der Waals surface area contributed by atoms with E-state index in [1.54, 1.807) is 13.2 Å². The molecule has 1 atom stereocenters. The van der Waals surface area contributed by atoms with Gasteiger partial charge < -0.3 is 30.1 Å². The Balaban J connectivity index is 1.87. The standard InChI is InChI=1S/C20H17NO5/c1-25-12-6-7-14-13-4-2-3-5-15(13)21-20(26-18(14)10-12)11-8-16(22)19(24)17(23)9-11/h2-10,20-24H,1H3. The number of benzene rings is 3. The third-order valence-electron chi connectivity index (χ3n) is 4.33. The molecular weight excluding hydrogens is 334 g/mol. The number of hydrogen-bond donors (Lipinski definition) is 4. The lowest BCUT2D eigenvalue weighted by molar-refractivity contribution is 0.235. The molecule has 3 aromatic carbocycles. The Kier molecular flexibility index (Phi) is 3.73. The first-order valence-corrected chi connectivity index (χ1v) is 8.02. The van der Waals surface area contributed by atoms with E-state index in [0.717, 1.165) is 16.8 Å². The summed E-state index contributed by atoms with van der Waals surface area (Å²) in [5.74, 6) is -0.162. The lowest BCUT2D eigenvalue weighted by Crippen LogP contribution is -2.16. The van der Waals surface area contributed by atoms with Gasteiger partial charge in [0.2, 0.25) is 0 Å². The number of anilines is 1. The van der Waals surface area contributed by atoms with E-state index in [1.807, 2.05) is 36.4 Å². The van der Waals surface area contributed by atoms with Gasteiger partial charge in [-0.05, 0) is 30.3 Å². The second-order valence-corrected chi connectivity index (χ2v) is 5.96. The first kappa shape index (κ1) is 16.0. The number of nitrogens with one attached hydrogen (secondary N) is 1. The van der Waals surface area contributed by atoms with Gasteiger partial charge in [-0.1, -0.05) is 18.2 Å². The molecule has 1 heterocycles. The first-order valence-electron chi connectivity index (χ1n) is 8.02. The van der Waals surface area contributed by atoms with Crippen molar-refractivity contribution in [3.05, 3.63) is 60.2 Å². The van der Waals surface area contributed by atoms with E-state index in [9.17, 15) is 15.3 Å². The van der Waals surface area contributed by atoms with Crippen molar-refractivity contribution >= 4 is 5.69 Å². The van der Waals surface area contributed by atoms with Gasteiger partial charge in [0, 0.05) is 28.4 Å². The van der Waals surface area contributed by atoms with Crippen molar-refractivity contribution in [1.82, 2.24) is 0 Å². The Labute approximate surface area is 149 Å². The summed E-state index contributed by atoms with van der Waals surface area (Å²) < 4.78 is 11.4. The number of phenolic OH excluding ortho intramolecular Hbond substituents is 3. The first-order chi connectivity index (χ1) is 12.6. The molecule has 132 valence electrons. The molecule has 0 aromatic heterocycles. The molecule has 1 aliphatic heterocycles. The predicted molar refractivity (Wildman–Crippen MR) is 96.9 cm³/mol. The summed E-state index contributed by atoms with van der Waals surface area (Å²) in [7, 11) is 1.58. The summed E-state index contributed by atoms with van der Waals surface area (Å²) in [4.78, 5) is 0. The van der Waals surface area contributed by atoms with Gasteiger partial charge in [-0.25, -0.2) is 0 Å². The van der Waals surface area contributed by atoms with Crippen molar-refractivity contribution in [2.24, 2.45) is 0 Å². The topological polar surface area (TPSA) is 91.2 Å². The third-order valence-corrected chi connectivity index (χ3v) is 4.33. The summed E-state index contributed by atoms with van der Waals surface area (Å²) in [5.41, 5.74) is 3.15. The number of rotatable bonds is 2. The molecule has 1 aliphatic rings. The quantitative estimate of drug-likeness (QED) is 0.522. The van der Waals surface area contributed by atoms with Gasteiger partial charge in [0.1, 0.15) is 11.5 Å². The van der Waals surface area contributed by atoms with Gasteiger partial charge >= 0.3 is 0 Å². The normalized spacial score (nSPS) is 15.0. The van der Waals surface area contributed by atoms with E-state index in [0.29, 0.717) is 17.1 Å². The number of methoxy groups -OCH3 is 1. The third kappa shape index (κ3) is 2.61. The Bertz CT molecular complexity index is 963. The minimum atomic E-state index is -0.693. The Morgan fingerprint density at radius 3 is 2.38 bits per heavy atom. The molecule has 0 bridgehead atoms. The van der Waals surface area contributed by atoms with Gasteiger partial charge in [0.25, 0.3) is 0 Å². The maximum absolute atomic E-state index is 9.84. The monoisotopic (exact) mass is 351 g/mol. The van der Waals surface area contributed by atoms with E-state index < -0.39 is 23.5 Å². The predicted octanol–water partition coefficient (Wildman–Crippen LogP) is 3.98. The van der Waals surface area contributed by atoms with Crippen LogP contribution in [-0.2, 0) is 0 Å². The van der Waals surface area contributed by atoms with Gasteiger partial charge in [0.15, 0.2) is 23.5 Å². The number of hydrogen-bond acceptors (Lipinski definition) is 6. The zero-order valence-electron chi connectivity index (χ0n) is 13.9. The number of ether oxygens (including phenoxy) is 2. The second-order valence-electron chi connectivity index (χ2n) is 5.96. The lowest BCUT2D eigenvalue weighted by Gasteiger charge is -2.21. The highest BCUT2D eigenvalue weighted by atomic mass is 16.5. The van der Waals surface area contributed by atoms with E-state index >= 15 is 0 Å². The Morgan fingerprint density at radius 2 is 1.65 bits per heavy atom. The maximum atomic E-state index is 9.84. The van der Waals surface area contributed by atoms with Crippen LogP contribution in [0, 0.1) is 0 Å². The summed E-state index contributed by atoms with van der Waals surface area (Å²) in [5, 5.41) is 32.5. The van der Waals surface area contributed by atoms with Crippen LogP contribution in [0.2, 0.25) is 0 Å². The average Bonchev–Trinajstić information content (AvgIpc) is 2.81. The van der Waals surface area contributed by atoms with E-state index in [1.165, 1.54) is 12.1 Å². The molecular formula is C20H17NO5. The van der Waals surface area contributed by atoms with Crippen LogP contribution in [0.5, 0.6) is 28.7 Å². The average molecular weight is 351 g/mol. The number of para-hydroxylation sites is 1. The molecule has 0 saturated heterocycles. The maximum Gasteiger partial charge on any atom is 0.200 e. The van der Waals surface area contributed by atoms with Crippen LogP contribution in [0.1, 0.15) is 11.8 Å². The highest BCUT2D eigenvalue weighted by Crippen LogP contribution is 2.44. The van der Waals surface area contributed by atoms with Crippen LogP contribution >= 0.6 is 0 Å². The van der Waals surface area contributed by atoms with Gasteiger partial charge in [-0.15, -0.1) is 0 Å². The fraction of sp³-hybridized carbons (Fsp3) is 0.100. The molecule has 0 amide bonds. The molecule has 0 spiro atoms. The highest BCUT2D eigenvalue weighted by Gasteiger charge is 2.24. The fourth-order valence-corrected chi connectivity index (χ4v) is 3.02. The molecule has 4 rings (SSSR count). The molecule has 0 saturated carbocycles.